The number of rotatable bonds is 5. The Labute approximate surface area is 309 Å². The lowest BCUT2D eigenvalue weighted by atomic mass is 9.99. The van der Waals surface area contributed by atoms with Crippen molar-refractivity contribution < 1.29 is 8.83 Å². The van der Waals surface area contributed by atoms with Gasteiger partial charge in [0.25, 0.3) is 0 Å². The first kappa shape index (κ1) is 30.3. The van der Waals surface area contributed by atoms with Crippen LogP contribution in [0.1, 0.15) is 0 Å². The minimum atomic E-state index is 0.586. The van der Waals surface area contributed by atoms with Gasteiger partial charge in [0.05, 0.1) is 0 Å². The molecule has 0 amide bonds. The van der Waals surface area contributed by atoms with Crippen LogP contribution in [0, 0.1) is 0 Å². The second-order valence-electron chi connectivity index (χ2n) is 13.6. The number of fused-ring (bicyclic) bond motifs is 7. The van der Waals surface area contributed by atoms with E-state index < -0.39 is 0 Å². The Bertz CT molecular complexity index is 3200. The molecule has 0 saturated heterocycles. The van der Waals surface area contributed by atoms with Crippen LogP contribution in [0.4, 0.5) is 0 Å². The minimum absolute atomic E-state index is 0.586. The van der Waals surface area contributed by atoms with Crippen molar-refractivity contribution in [3.63, 3.8) is 0 Å². The molecular formula is C49H29N3O2. The molecule has 0 unspecified atom stereocenters. The highest BCUT2D eigenvalue weighted by atomic mass is 16.3. The first-order valence-corrected chi connectivity index (χ1v) is 18.0. The quantitative estimate of drug-likeness (QED) is 0.180. The lowest BCUT2D eigenvalue weighted by Crippen LogP contribution is -2.00. The maximum absolute atomic E-state index is 6.58. The molecule has 0 saturated carbocycles. The van der Waals surface area contributed by atoms with Crippen molar-refractivity contribution in [3.8, 4) is 56.4 Å². The molecule has 0 aliphatic carbocycles. The van der Waals surface area contributed by atoms with Gasteiger partial charge in [0.2, 0.25) is 0 Å². The predicted octanol–water partition coefficient (Wildman–Crippen LogP) is 13.2. The zero-order valence-electron chi connectivity index (χ0n) is 28.9. The van der Waals surface area contributed by atoms with Crippen LogP contribution in [0.5, 0.6) is 0 Å². The summed E-state index contributed by atoms with van der Waals surface area (Å²) in [5, 5.41) is 6.51. The molecule has 3 heterocycles. The summed E-state index contributed by atoms with van der Waals surface area (Å²) in [6.45, 7) is 0. The number of hydrogen-bond donors (Lipinski definition) is 0. The molecule has 0 radical (unpaired) electrons. The van der Waals surface area contributed by atoms with Crippen molar-refractivity contribution in [1.29, 1.82) is 0 Å². The summed E-state index contributed by atoms with van der Waals surface area (Å²) in [5.41, 5.74) is 10.3. The van der Waals surface area contributed by atoms with Gasteiger partial charge in [0.15, 0.2) is 17.5 Å². The van der Waals surface area contributed by atoms with Crippen molar-refractivity contribution >= 4 is 54.6 Å². The average molecular weight is 692 g/mol. The smallest absolute Gasteiger partial charge is 0.164 e. The van der Waals surface area contributed by atoms with E-state index in [0.717, 1.165) is 88.2 Å². The summed E-state index contributed by atoms with van der Waals surface area (Å²) in [5.74, 6) is 1.81. The van der Waals surface area contributed by atoms with Crippen LogP contribution < -0.4 is 0 Å². The molecule has 11 aromatic rings. The van der Waals surface area contributed by atoms with E-state index in [9.17, 15) is 0 Å². The fourth-order valence-electron chi connectivity index (χ4n) is 7.67. The molecule has 0 bridgehead atoms. The van der Waals surface area contributed by atoms with Gasteiger partial charge >= 0.3 is 0 Å². The number of para-hydroxylation sites is 1. The van der Waals surface area contributed by atoms with Crippen LogP contribution in [0.15, 0.2) is 185 Å². The first-order valence-electron chi connectivity index (χ1n) is 18.0. The first-order chi connectivity index (χ1) is 26.7. The van der Waals surface area contributed by atoms with Crippen LogP contribution in [0.3, 0.4) is 0 Å². The van der Waals surface area contributed by atoms with E-state index in [0.29, 0.717) is 17.5 Å². The molecule has 0 spiro atoms. The van der Waals surface area contributed by atoms with Gasteiger partial charge in [-0.3, -0.25) is 0 Å². The highest BCUT2D eigenvalue weighted by Crippen LogP contribution is 2.41. The maximum atomic E-state index is 6.58. The van der Waals surface area contributed by atoms with E-state index in [4.69, 9.17) is 23.8 Å². The Morgan fingerprint density at radius 2 is 0.889 bits per heavy atom. The molecule has 0 N–H and O–H groups in total. The van der Waals surface area contributed by atoms with Crippen molar-refractivity contribution in [2.75, 3.05) is 0 Å². The average Bonchev–Trinajstić information content (AvgIpc) is 3.81. The Balaban J connectivity index is 1.05. The zero-order chi connectivity index (χ0) is 35.6. The highest BCUT2D eigenvalue weighted by molar-refractivity contribution is 6.15. The van der Waals surface area contributed by atoms with Gasteiger partial charge in [-0.25, -0.2) is 15.0 Å². The fraction of sp³-hybridized carbons (Fsp3) is 0. The van der Waals surface area contributed by atoms with Gasteiger partial charge in [-0.1, -0.05) is 146 Å². The molecule has 252 valence electrons. The van der Waals surface area contributed by atoms with E-state index in [1.165, 1.54) is 5.39 Å². The van der Waals surface area contributed by atoms with E-state index in [1.54, 1.807) is 0 Å². The van der Waals surface area contributed by atoms with E-state index in [1.807, 2.05) is 48.5 Å². The monoisotopic (exact) mass is 691 g/mol. The number of aromatic nitrogens is 3. The topological polar surface area (TPSA) is 65.0 Å². The largest absolute Gasteiger partial charge is 0.456 e. The standard InChI is InChI=1S/C49H29N3O2/c1-3-11-30(12-4-1)31-21-23-33(24-22-31)48-50-47(32-13-5-2-6-14-32)51-49(52-48)40-19-10-20-42-45(40)39-26-25-36(29-43(39)53-42)37-17-9-18-38-41-27-34-15-7-8-16-35(34)28-44(41)54-46(37)38/h1-29H. The van der Waals surface area contributed by atoms with Gasteiger partial charge in [0.1, 0.15) is 22.3 Å². The molecule has 11 rings (SSSR count). The summed E-state index contributed by atoms with van der Waals surface area (Å²) in [6, 6.07) is 60.4. The summed E-state index contributed by atoms with van der Waals surface area (Å²) < 4.78 is 13.1. The molecule has 8 aromatic carbocycles. The van der Waals surface area contributed by atoms with Crippen LogP contribution in [0.25, 0.3) is 111 Å². The van der Waals surface area contributed by atoms with Crippen LogP contribution >= 0.6 is 0 Å². The molecule has 0 atom stereocenters. The second kappa shape index (κ2) is 12.1. The molecule has 0 aliphatic rings. The summed E-state index contributed by atoms with van der Waals surface area (Å²) in [6.07, 6.45) is 0. The molecular weight excluding hydrogens is 663 g/mol. The molecule has 3 aromatic heterocycles. The number of hydrogen-bond acceptors (Lipinski definition) is 5. The predicted molar refractivity (Wildman–Crippen MR) is 219 cm³/mol. The number of furan rings is 2. The lowest BCUT2D eigenvalue weighted by Gasteiger charge is -2.10. The van der Waals surface area contributed by atoms with Crippen molar-refractivity contribution in [2.24, 2.45) is 0 Å². The van der Waals surface area contributed by atoms with Crippen LogP contribution in [-0.2, 0) is 0 Å². The van der Waals surface area contributed by atoms with Crippen molar-refractivity contribution in [1.82, 2.24) is 15.0 Å². The van der Waals surface area contributed by atoms with Crippen molar-refractivity contribution in [2.45, 2.75) is 0 Å². The normalized spacial score (nSPS) is 11.7. The number of benzene rings is 8. The lowest BCUT2D eigenvalue weighted by molar-refractivity contribution is 0.668. The van der Waals surface area contributed by atoms with Crippen LogP contribution in [-0.4, -0.2) is 15.0 Å². The Morgan fingerprint density at radius 3 is 1.67 bits per heavy atom. The SMILES string of the molecule is c1ccc(-c2ccc(-c3nc(-c4ccccc4)nc(-c4cccc5oc6cc(-c7cccc8c7oc7cc9ccccc9cc78)ccc6c45)n3)cc2)cc1. The third-order valence-electron chi connectivity index (χ3n) is 10.3. The maximum Gasteiger partial charge on any atom is 0.164 e. The third kappa shape index (κ3) is 4.98. The summed E-state index contributed by atoms with van der Waals surface area (Å²) in [4.78, 5) is 15.1. The zero-order valence-corrected chi connectivity index (χ0v) is 28.9. The molecule has 0 fully saturated rings. The van der Waals surface area contributed by atoms with Gasteiger partial charge in [-0.05, 0) is 57.8 Å². The molecule has 5 heteroatoms. The van der Waals surface area contributed by atoms with Crippen LogP contribution in [0.2, 0.25) is 0 Å². The van der Waals surface area contributed by atoms with Gasteiger partial charge in [-0.15, -0.1) is 0 Å². The van der Waals surface area contributed by atoms with E-state index in [2.05, 4.69) is 127 Å². The van der Waals surface area contributed by atoms with E-state index >= 15 is 0 Å². The summed E-state index contributed by atoms with van der Waals surface area (Å²) in [7, 11) is 0. The Kier molecular flexibility index (Phi) is 6.79. The molecule has 5 nitrogen and oxygen atoms in total. The third-order valence-corrected chi connectivity index (χ3v) is 10.3. The van der Waals surface area contributed by atoms with Gasteiger partial charge in [0, 0.05) is 43.8 Å². The second-order valence-corrected chi connectivity index (χ2v) is 13.6. The highest BCUT2D eigenvalue weighted by Gasteiger charge is 2.20. The van der Waals surface area contributed by atoms with Crippen molar-refractivity contribution in [3.05, 3.63) is 176 Å². The number of nitrogens with zero attached hydrogens (tertiary/aromatic N) is 3. The van der Waals surface area contributed by atoms with Gasteiger partial charge in [-0.2, -0.15) is 0 Å². The fourth-order valence-corrected chi connectivity index (χ4v) is 7.67. The Hall–Kier alpha value is -7.37. The Morgan fingerprint density at radius 1 is 0.315 bits per heavy atom. The molecule has 54 heavy (non-hydrogen) atoms. The minimum Gasteiger partial charge on any atom is -0.456 e. The molecule has 0 aliphatic heterocycles. The summed E-state index contributed by atoms with van der Waals surface area (Å²) >= 11 is 0. The van der Waals surface area contributed by atoms with Gasteiger partial charge < -0.3 is 8.83 Å². The van der Waals surface area contributed by atoms with E-state index in [-0.39, 0.29) is 0 Å².